The molecule has 1 fully saturated rings. The molecule has 0 aromatic rings. The summed E-state index contributed by atoms with van der Waals surface area (Å²) in [4.78, 5) is 3.91. The van der Waals surface area contributed by atoms with Crippen molar-refractivity contribution in [2.45, 2.75) is 18.4 Å². The van der Waals surface area contributed by atoms with Crippen LogP contribution < -0.4 is 0 Å². The molecule has 0 aromatic carbocycles. The van der Waals surface area contributed by atoms with Crippen LogP contribution in [0.15, 0.2) is 16.6 Å². The van der Waals surface area contributed by atoms with Crippen molar-refractivity contribution in [3.63, 3.8) is 0 Å². The van der Waals surface area contributed by atoms with Gasteiger partial charge in [-0.15, -0.1) is 0 Å². The van der Waals surface area contributed by atoms with Crippen molar-refractivity contribution < 1.29 is 0 Å². The quantitative estimate of drug-likeness (QED) is 0.574. The van der Waals surface area contributed by atoms with E-state index in [9.17, 15) is 0 Å². The van der Waals surface area contributed by atoms with E-state index in [-0.39, 0.29) is 0 Å². The third-order valence-corrected chi connectivity index (χ3v) is 2.28. The molecule has 0 amide bonds. The maximum atomic E-state index is 8.84. The van der Waals surface area contributed by atoms with Crippen LogP contribution in [0.2, 0.25) is 0 Å². The van der Waals surface area contributed by atoms with Crippen molar-refractivity contribution in [2.75, 3.05) is 0 Å². The molecular formula is C9H7N3. The molecule has 3 nitrogen and oxygen atoms in total. The summed E-state index contributed by atoms with van der Waals surface area (Å²) < 4.78 is 0. The molecule has 1 saturated carbocycles. The van der Waals surface area contributed by atoms with Gasteiger partial charge in [-0.05, 0) is 30.4 Å². The van der Waals surface area contributed by atoms with Crippen molar-refractivity contribution in [1.29, 1.82) is 10.5 Å². The van der Waals surface area contributed by atoms with E-state index < -0.39 is 5.54 Å². The first-order valence-electron chi connectivity index (χ1n) is 3.91. The molecule has 0 bridgehead atoms. The molecule has 1 aliphatic heterocycles. The number of rotatable bonds is 1. The van der Waals surface area contributed by atoms with Gasteiger partial charge in [-0.1, -0.05) is 0 Å². The van der Waals surface area contributed by atoms with Crippen LogP contribution in [0.3, 0.4) is 0 Å². The van der Waals surface area contributed by atoms with Gasteiger partial charge in [-0.3, -0.25) is 4.99 Å². The lowest BCUT2D eigenvalue weighted by Crippen LogP contribution is -2.23. The van der Waals surface area contributed by atoms with Gasteiger partial charge in [0.25, 0.3) is 5.54 Å². The number of allylic oxidation sites excluding steroid dienone is 1. The van der Waals surface area contributed by atoms with Crippen molar-refractivity contribution in [1.82, 2.24) is 0 Å². The second-order valence-electron chi connectivity index (χ2n) is 3.11. The molecule has 2 aliphatic rings. The molecular weight excluding hydrogens is 150 g/mol. The first-order valence-corrected chi connectivity index (χ1v) is 3.91. The molecule has 2 rings (SSSR count). The number of aliphatic imine (C=N–C) groups is 1. The Morgan fingerprint density at radius 3 is 2.58 bits per heavy atom. The van der Waals surface area contributed by atoms with Gasteiger partial charge in [0, 0.05) is 6.21 Å². The molecule has 12 heavy (non-hydrogen) atoms. The van der Waals surface area contributed by atoms with Gasteiger partial charge < -0.3 is 0 Å². The Hall–Kier alpha value is -1.61. The highest BCUT2D eigenvalue weighted by molar-refractivity contribution is 5.80. The molecule has 0 atom stereocenters. The number of nitriles is 2. The average Bonchev–Trinajstić information content (AvgIpc) is 2.86. The lowest BCUT2D eigenvalue weighted by atomic mass is 9.91. The van der Waals surface area contributed by atoms with Gasteiger partial charge in [-0.2, -0.15) is 10.5 Å². The molecule has 0 unspecified atom stereocenters. The highest BCUT2D eigenvalue weighted by Gasteiger charge is 2.44. The lowest BCUT2D eigenvalue weighted by molar-refractivity contribution is 0.751. The summed E-state index contributed by atoms with van der Waals surface area (Å²) in [7, 11) is 0. The van der Waals surface area contributed by atoms with Crippen LogP contribution >= 0.6 is 0 Å². The Balaban J connectivity index is 2.38. The third kappa shape index (κ3) is 0.770. The fourth-order valence-electron chi connectivity index (χ4n) is 1.46. The van der Waals surface area contributed by atoms with Crippen LogP contribution in [0.5, 0.6) is 0 Å². The van der Waals surface area contributed by atoms with E-state index in [1.54, 1.807) is 6.21 Å². The van der Waals surface area contributed by atoms with Crippen molar-refractivity contribution in [2.24, 2.45) is 10.9 Å². The maximum absolute atomic E-state index is 8.84. The lowest BCUT2D eigenvalue weighted by Gasteiger charge is -2.11. The summed E-state index contributed by atoms with van der Waals surface area (Å²) in [5.41, 5.74) is -0.284. The number of nitrogens with zero attached hydrogens (tertiary/aromatic N) is 3. The van der Waals surface area contributed by atoms with E-state index in [2.05, 4.69) is 4.99 Å². The predicted octanol–water partition coefficient (Wildman–Crippen LogP) is 1.19. The second-order valence-corrected chi connectivity index (χ2v) is 3.11. The predicted molar refractivity (Wildman–Crippen MR) is 43.3 cm³/mol. The highest BCUT2D eigenvalue weighted by Crippen LogP contribution is 2.44. The zero-order chi connectivity index (χ0) is 8.60. The Bertz CT molecular complexity index is 333. The minimum Gasteiger partial charge on any atom is -0.252 e. The van der Waals surface area contributed by atoms with Crippen molar-refractivity contribution in [3.05, 3.63) is 11.6 Å². The topological polar surface area (TPSA) is 59.9 Å². The first-order chi connectivity index (χ1) is 5.82. The SMILES string of the molecule is N#CC1(C#N)N=CC=C1C1CC1. The second kappa shape index (κ2) is 2.19. The highest BCUT2D eigenvalue weighted by atomic mass is 14.9. The zero-order valence-corrected chi connectivity index (χ0v) is 6.49. The van der Waals surface area contributed by atoms with Crippen molar-refractivity contribution in [3.8, 4) is 12.1 Å². The minimum atomic E-state index is -1.18. The summed E-state index contributed by atoms with van der Waals surface area (Å²) in [5, 5.41) is 17.7. The average molecular weight is 157 g/mol. The summed E-state index contributed by atoms with van der Waals surface area (Å²) in [5.74, 6) is 0.437. The molecule has 0 N–H and O–H groups in total. The standard InChI is InChI=1S/C9H7N3/c10-5-9(6-11)8(3-4-12-9)7-1-2-7/h3-4,7H,1-2H2. The Morgan fingerprint density at radius 1 is 1.42 bits per heavy atom. The zero-order valence-electron chi connectivity index (χ0n) is 6.49. The molecule has 0 saturated heterocycles. The van der Waals surface area contributed by atoms with Crippen LogP contribution in [0.1, 0.15) is 12.8 Å². The molecule has 0 spiro atoms. The summed E-state index contributed by atoms with van der Waals surface area (Å²) in [6, 6.07) is 3.94. The van der Waals surface area contributed by atoms with Gasteiger partial charge >= 0.3 is 0 Å². The Kier molecular flexibility index (Phi) is 1.29. The molecule has 1 heterocycles. The number of hydrogen-bond acceptors (Lipinski definition) is 3. The summed E-state index contributed by atoms with van der Waals surface area (Å²) in [6.07, 6.45) is 5.57. The molecule has 3 heteroatoms. The van der Waals surface area contributed by atoms with E-state index in [0.717, 1.165) is 18.4 Å². The van der Waals surface area contributed by atoms with E-state index >= 15 is 0 Å². The first kappa shape index (κ1) is 7.06. The summed E-state index contributed by atoms with van der Waals surface area (Å²) in [6.45, 7) is 0. The maximum Gasteiger partial charge on any atom is 0.254 e. The van der Waals surface area contributed by atoms with Crippen LogP contribution in [-0.2, 0) is 0 Å². The van der Waals surface area contributed by atoms with Gasteiger partial charge in [0.05, 0.1) is 0 Å². The van der Waals surface area contributed by atoms with Crippen LogP contribution in [0.4, 0.5) is 0 Å². The fraction of sp³-hybridized carbons (Fsp3) is 0.444. The van der Waals surface area contributed by atoms with E-state index in [1.165, 1.54) is 0 Å². The fourth-order valence-corrected chi connectivity index (χ4v) is 1.46. The smallest absolute Gasteiger partial charge is 0.252 e. The normalized spacial score (nSPS) is 24.3. The van der Waals surface area contributed by atoms with Crippen LogP contribution in [0.25, 0.3) is 0 Å². The monoisotopic (exact) mass is 157 g/mol. The van der Waals surface area contributed by atoms with Crippen molar-refractivity contribution >= 4 is 6.21 Å². The van der Waals surface area contributed by atoms with Crippen LogP contribution in [-0.4, -0.2) is 11.8 Å². The van der Waals surface area contributed by atoms with Crippen LogP contribution in [0, 0.1) is 28.6 Å². The van der Waals surface area contributed by atoms with Gasteiger partial charge in [0.1, 0.15) is 12.1 Å². The molecule has 0 radical (unpaired) electrons. The van der Waals surface area contributed by atoms with Gasteiger partial charge in [0.15, 0.2) is 0 Å². The van der Waals surface area contributed by atoms with E-state index in [0.29, 0.717) is 5.92 Å². The Morgan fingerprint density at radius 2 is 2.08 bits per heavy atom. The van der Waals surface area contributed by atoms with Gasteiger partial charge in [0.2, 0.25) is 0 Å². The minimum absolute atomic E-state index is 0.437. The van der Waals surface area contributed by atoms with Gasteiger partial charge in [-0.25, -0.2) is 0 Å². The summed E-state index contributed by atoms with van der Waals surface area (Å²) >= 11 is 0. The molecule has 58 valence electrons. The third-order valence-electron chi connectivity index (χ3n) is 2.28. The Labute approximate surface area is 70.6 Å². The number of hydrogen-bond donors (Lipinski definition) is 0. The van der Waals surface area contributed by atoms with E-state index in [1.807, 2.05) is 18.2 Å². The molecule has 1 aliphatic carbocycles. The largest absolute Gasteiger partial charge is 0.254 e. The van der Waals surface area contributed by atoms with E-state index in [4.69, 9.17) is 10.5 Å². The molecule has 0 aromatic heterocycles.